The largest absolute Gasteiger partial charge is 0.354 e. The van der Waals surface area contributed by atoms with Crippen LogP contribution < -0.4 is 16.4 Å². The number of nitrogens with two attached hydrogens (primary N) is 1. The summed E-state index contributed by atoms with van der Waals surface area (Å²) in [7, 11) is 1.75. The number of nitrogens with one attached hydrogen (secondary N) is 2. The fourth-order valence-corrected chi connectivity index (χ4v) is 1.58. The molecule has 0 radical (unpaired) electrons. The molecule has 0 aliphatic rings. The van der Waals surface area contributed by atoms with Crippen molar-refractivity contribution in [2.45, 2.75) is 32.9 Å². The van der Waals surface area contributed by atoms with Gasteiger partial charge in [-0.15, -0.1) is 0 Å². The number of hydrogen-bond donors (Lipinski definition) is 3. The van der Waals surface area contributed by atoms with Gasteiger partial charge in [0.1, 0.15) is 12.1 Å². The van der Waals surface area contributed by atoms with E-state index in [0.717, 1.165) is 0 Å². The van der Waals surface area contributed by atoms with Crippen LogP contribution in [0.4, 0.5) is 0 Å². The lowest BCUT2D eigenvalue weighted by Crippen LogP contribution is -2.48. The predicted molar refractivity (Wildman–Crippen MR) is 75.6 cm³/mol. The van der Waals surface area contributed by atoms with E-state index in [4.69, 9.17) is 5.73 Å². The highest BCUT2D eigenvalue weighted by Crippen LogP contribution is 2.08. The third-order valence-corrected chi connectivity index (χ3v) is 2.80. The average molecular weight is 281 g/mol. The Hall–Kier alpha value is -1.89. The van der Waals surface area contributed by atoms with Gasteiger partial charge in [-0.2, -0.15) is 5.10 Å². The summed E-state index contributed by atoms with van der Waals surface area (Å²) in [5.41, 5.74) is 6.44. The number of amides is 2. The van der Waals surface area contributed by atoms with E-state index >= 15 is 0 Å². The standard InChI is InChI=1S/C13H23N5O2/c1-8(2)5-15-12(19)9(3)17-13(20)11(14)10-6-16-18(4)7-10/h6-9,11H,5,14H2,1-4H3,(H,15,19)(H,17,20). The van der Waals surface area contributed by atoms with Crippen molar-refractivity contribution in [2.24, 2.45) is 18.7 Å². The SMILES string of the molecule is CC(C)CNC(=O)C(C)NC(=O)C(N)c1cnn(C)c1. The molecule has 20 heavy (non-hydrogen) atoms. The van der Waals surface area contributed by atoms with Crippen molar-refractivity contribution in [3.8, 4) is 0 Å². The quantitative estimate of drug-likeness (QED) is 0.666. The maximum Gasteiger partial charge on any atom is 0.242 e. The summed E-state index contributed by atoms with van der Waals surface area (Å²) < 4.78 is 1.57. The van der Waals surface area contributed by atoms with Gasteiger partial charge in [0, 0.05) is 25.4 Å². The third-order valence-electron chi connectivity index (χ3n) is 2.80. The normalized spacial score (nSPS) is 13.9. The molecule has 1 aromatic heterocycles. The Balaban J connectivity index is 2.50. The highest BCUT2D eigenvalue weighted by atomic mass is 16.2. The van der Waals surface area contributed by atoms with Crippen molar-refractivity contribution in [2.75, 3.05) is 6.54 Å². The van der Waals surface area contributed by atoms with E-state index in [1.807, 2.05) is 13.8 Å². The predicted octanol–water partition coefficient (Wildman–Crippen LogP) is -0.303. The van der Waals surface area contributed by atoms with Crippen LogP contribution in [0.5, 0.6) is 0 Å². The second-order valence-electron chi connectivity index (χ2n) is 5.29. The molecule has 0 aliphatic heterocycles. The molecule has 2 unspecified atom stereocenters. The zero-order valence-electron chi connectivity index (χ0n) is 12.4. The topological polar surface area (TPSA) is 102 Å². The van der Waals surface area contributed by atoms with Gasteiger partial charge in [-0.05, 0) is 12.8 Å². The lowest BCUT2D eigenvalue weighted by Gasteiger charge is -2.17. The van der Waals surface area contributed by atoms with Crippen LogP contribution in [0.1, 0.15) is 32.4 Å². The van der Waals surface area contributed by atoms with E-state index in [1.165, 1.54) is 6.20 Å². The second kappa shape index (κ2) is 7.04. The molecule has 0 bridgehead atoms. The average Bonchev–Trinajstić information content (AvgIpc) is 2.81. The Morgan fingerprint density at radius 2 is 2.00 bits per heavy atom. The fraction of sp³-hybridized carbons (Fsp3) is 0.615. The molecule has 0 aromatic carbocycles. The molecule has 112 valence electrons. The van der Waals surface area contributed by atoms with E-state index in [-0.39, 0.29) is 5.91 Å². The van der Waals surface area contributed by atoms with Crippen LogP contribution in [0.15, 0.2) is 12.4 Å². The Kier molecular flexibility index (Phi) is 5.69. The number of rotatable bonds is 6. The molecule has 0 fully saturated rings. The minimum absolute atomic E-state index is 0.217. The molecule has 7 heteroatoms. The monoisotopic (exact) mass is 281 g/mol. The summed E-state index contributed by atoms with van der Waals surface area (Å²) in [6.45, 7) is 6.21. The highest BCUT2D eigenvalue weighted by molar-refractivity contribution is 5.89. The second-order valence-corrected chi connectivity index (χ2v) is 5.29. The smallest absolute Gasteiger partial charge is 0.242 e. The third kappa shape index (κ3) is 4.65. The first-order valence-electron chi connectivity index (χ1n) is 6.63. The van der Waals surface area contributed by atoms with Crippen LogP contribution in [0, 0.1) is 5.92 Å². The van der Waals surface area contributed by atoms with E-state index in [9.17, 15) is 9.59 Å². The molecule has 1 rings (SSSR count). The van der Waals surface area contributed by atoms with Gasteiger partial charge in [0.2, 0.25) is 11.8 Å². The molecular weight excluding hydrogens is 258 g/mol. The van der Waals surface area contributed by atoms with E-state index < -0.39 is 18.0 Å². The summed E-state index contributed by atoms with van der Waals surface area (Å²) in [4.78, 5) is 23.7. The van der Waals surface area contributed by atoms with Gasteiger partial charge in [-0.3, -0.25) is 14.3 Å². The number of hydrogen-bond acceptors (Lipinski definition) is 4. The van der Waals surface area contributed by atoms with Gasteiger partial charge >= 0.3 is 0 Å². The van der Waals surface area contributed by atoms with E-state index in [0.29, 0.717) is 18.0 Å². The first-order valence-corrected chi connectivity index (χ1v) is 6.63. The maximum absolute atomic E-state index is 12.0. The number of carbonyl (C=O) groups is 2. The summed E-state index contributed by atoms with van der Waals surface area (Å²) in [6, 6.07) is -1.45. The Labute approximate surface area is 118 Å². The lowest BCUT2D eigenvalue weighted by atomic mass is 10.1. The zero-order chi connectivity index (χ0) is 15.3. The van der Waals surface area contributed by atoms with Gasteiger partial charge in [0.15, 0.2) is 0 Å². The molecule has 1 heterocycles. The van der Waals surface area contributed by atoms with Crippen LogP contribution in [-0.2, 0) is 16.6 Å². The minimum Gasteiger partial charge on any atom is -0.354 e. The summed E-state index contributed by atoms with van der Waals surface area (Å²) in [6.07, 6.45) is 3.21. The summed E-state index contributed by atoms with van der Waals surface area (Å²) in [5.74, 6) is -0.255. The summed E-state index contributed by atoms with van der Waals surface area (Å²) >= 11 is 0. The summed E-state index contributed by atoms with van der Waals surface area (Å²) in [5, 5.41) is 9.32. The van der Waals surface area contributed by atoms with Gasteiger partial charge in [0.25, 0.3) is 0 Å². The van der Waals surface area contributed by atoms with Gasteiger partial charge in [0.05, 0.1) is 6.20 Å². The molecule has 0 aliphatic carbocycles. The molecule has 7 nitrogen and oxygen atoms in total. The first-order chi connectivity index (χ1) is 9.31. The number of carbonyl (C=O) groups excluding carboxylic acids is 2. The maximum atomic E-state index is 12.0. The number of aromatic nitrogens is 2. The van der Waals surface area contributed by atoms with E-state index in [2.05, 4.69) is 15.7 Å². The fourth-order valence-electron chi connectivity index (χ4n) is 1.58. The van der Waals surface area contributed by atoms with Crippen molar-refractivity contribution in [1.82, 2.24) is 20.4 Å². The van der Waals surface area contributed by atoms with Crippen molar-refractivity contribution < 1.29 is 9.59 Å². The molecule has 4 N–H and O–H groups in total. The van der Waals surface area contributed by atoms with Crippen LogP contribution in [-0.4, -0.2) is 34.2 Å². The molecule has 0 spiro atoms. The van der Waals surface area contributed by atoms with Crippen LogP contribution in [0.25, 0.3) is 0 Å². The van der Waals surface area contributed by atoms with E-state index in [1.54, 1.807) is 24.9 Å². The minimum atomic E-state index is -0.830. The van der Waals surface area contributed by atoms with Gasteiger partial charge < -0.3 is 16.4 Å². The Bertz CT molecular complexity index is 469. The number of nitrogens with zero attached hydrogens (tertiary/aromatic N) is 2. The molecule has 0 saturated heterocycles. The number of aryl methyl sites for hydroxylation is 1. The van der Waals surface area contributed by atoms with Crippen molar-refractivity contribution in [3.05, 3.63) is 18.0 Å². The lowest BCUT2D eigenvalue weighted by molar-refractivity contribution is -0.129. The van der Waals surface area contributed by atoms with Crippen molar-refractivity contribution >= 4 is 11.8 Å². The van der Waals surface area contributed by atoms with Crippen LogP contribution in [0.3, 0.4) is 0 Å². The first kappa shape index (κ1) is 16.2. The molecular formula is C13H23N5O2. The molecule has 1 aromatic rings. The van der Waals surface area contributed by atoms with Crippen molar-refractivity contribution in [3.63, 3.8) is 0 Å². The van der Waals surface area contributed by atoms with Crippen molar-refractivity contribution in [1.29, 1.82) is 0 Å². The zero-order valence-corrected chi connectivity index (χ0v) is 12.4. The molecule has 2 amide bonds. The molecule has 0 saturated carbocycles. The van der Waals surface area contributed by atoms with Crippen LogP contribution >= 0.6 is 0 Å². The van der Waals surface area contributed by atoms with Crippen LogP contribution in [0.2, 0.25) is 0 Å². The molecule has 2 atom stereocenters. The van der Waals surface area contributed by atoms with Gasteiger partial charge in [-0.25, -0.2) is 0 Å². The van der Waals surface area contributed by atoms with Gasteiger partial charge in [-0.1, -0.05) is 13.8 Å². The Morgan fingerprint density at radius 1 is 1.35 bits per heavy atom. The highest BCUT2D eigenvalue weighted by Gasteiger charge is 2.22. The Morgan fingerprint density at radius 3 is 2.50 bits per heavy atom.